The van der Waals surface area contributed by atoms with Gasteiger partial charge in [0.25, 0.3) is 11.8 Å². The van der Waals surface area contributed by atoms with Crippen molar-refractivity contribution in [2.45, 2.75) is 0 Å². The average molecular weight is 447 g/mol. The molecule has 8 nitrogen and oxygen atoms in total. The van der Waals surface area contributed by atoms with Crippen molar-refractivity contribution in [1.29, 1.82) is 0 Å². The van der Waals surface area contributed by atoms with Crippen LogP contribution < -0.4 is 14.9 Å². The zero-order valence-electron chi connectivity index (χ0n) is 18.3. The first-order valence-corrected chi connectivity index (χ1v) is 10.6. The van der Waals surface area contributed by atoms with Gasteiger partial charge in [0, 0.05) is 18.7 Å². The summed E-state index contributed by atoms with van der Waals surface area (Å²) in [5.41, 5.74) is 3.82. The van der Waals surface area contributed by atoms with E-state index in [1.165, 1.54) is 13.3 Å². The standard InChI is InChI=1S/C25H25N3O5/c1-31-23-15-18(9-10-22(23)33-17-24(29)28-11-13-32-14-12-28)16-26-27-25(30)21-8-4-6-19-5-2-3-7-20(19)21/h2-10,15-16H,11-14,17H2,1H3,(H,27,30)/b26-16-. The fourth-order valence-corrected chi connectivity index (χ4v) is 3.58. The zero-order chi connectivity index (χ0) is 23.0. The molecule has 170 valence electrons. The third-order valence-electron chi connectivity index (χ3n) is 5.32. The lowest BCUT2D eigenvalue weighted by Crippen LogP contribution is -2.43. The van der Waals surface area contributed by atoms with Crippen molar-refractivity contribution in [3.05, 3.63) is 71.8 Å². The number of morpholine rings is 1. The molecule has 0 saturated carbocycles. The van der Waals surface area contributed by atoms with Gasteiger partial charge in [-0.3, -0.25) is 9.59 Å². The second-order valence-corrected chi connectivity index (χ2v) is 7.42. The van der Waals surface area contributed by atoms with Gasteiger partial charge in [0.1, 0.15) is 0 Å². The molecule has 0 unspecified atom stereocenters. The second-order valence-electron chi connectivity index (χ2n) is 7.42. The maximum absolute atomic E-state index is 12.6. The van der Waals surface area contributed by atoms with Crippen LogP contribution in [0.4, 0.5) is 0 Å². The molecule has 1 fully saturated rings. The Balaban J connectivity index is 1.38. The van der Waals surface area contributed by atoms with Crippen LogP contribution in [0.1, 0.15) is 15.9 Å². The number of rotatable bonds is 7. The van der Waals surface area contributed by atoms with E-state index in [9.17, 15) is 9.59 Å². The van der Waals surface area contributed by atoms with Crippen molar-refractivity contribution < 1.29 is 23.8 Å². The highest BCUT2D eigenvalue weighted by Gasteiger charge is 2.18. The zero-order valence-corrected chi connectivity index (χ0v) is 18.3. The van der Waals surface area contributed by atoms with Crippen molar-refractivity contribution in [2.24, 2.45) is 5.10 Å². The molecule has 8 heteroatoms. The first kappa shape index (κ1) is 22.3. The molecule has 0 bridgehead atoms. The predicted molar refractivity (Wildman–Crippen MR) is 125 cm³/mol. The van der Waals surface area contributed by atoms with Crippen molar-refractivity contribution in [3.8, 4) is 11.5 Å². The monoisotopic (exact) mass is 447 g/mol. The Morgan fingerprint density at radius 1 is 1.06 bits per heavy atom. The Morgan fingerprint density at radius 3 is 2.67 bits per heavy atom. The molecule has 1 aliphatic heterocycles. The highest BCUT2D eigenvalue weighted by molar-refractivity contribution is 6.07. The normalized spacial score (nSPS) is 13.8. The fourth-order valence-electron chi connectivity index (χ4n) is 3.58. The number of carbonyl (C=O) groups excluding carboxylic acids is 2. The van der Waals surface area contributed by atoms with Crippen molar-refractivity contribution in [1.82, 2.24) is 10.3 Å². The van der Waals surface area contributed by atoms with Crippen LogP contribution in [0.2, 0.25) is 0 Å². The molecular formula is C25H25N3O5. The summed E-state index contributed by atoms with van der Waals surface area (Å²) in [6.07, 6.45) is 1.52. The molecule has 0 radical (unpaired) electrons. The molecule has 0 atom stereocenters. The van der Waals surface area contributed by atoms with Crippen LogP contribution in [-0.4, -0.2) is 62.9 Å². The van der Waals surface area contributed by atoms with Crippen LogP contribution >= 0.6 is 0 Å². The number of amides is 2. The van der Waals surface area contributed by atoms with Gasteiger partial charge in [-0.05, 0) is 40.6 Å². The summed E-state index contributed by atoms with van der Waals surface area (Å²) < 4.78 is 16.3. The first-order chi connectivity index (χ1) is 16.2. The van der Waals surface area contributed by atoms with Gasteiger partial charge in [-0.1, -0.05) is 36.4 Å². The number of fused-ring (bicyclic) bond motifs is 1. The molecule has 0 aromatic heterocycles. The fraction of sp³-hybridized carbons (Fsp3) is 0.240. The van der Waals surface area contributed by atoms with E-state index in [0.717, 1.165) is 10.8 Å². The third kappa shape index (κ3) is 5.48. The van der Waals surface area contributed by atoms with Crippen molar-refractivity contribution in [2.75, 3.05) is 40.0 Å². The highest BCUT2D eigenvalue weighted by atomic mass is 16.5. The number of hydrazone groups is 1. The Hall–Kier alpha value is -3.91. The average Bonchev–Trinajstić information content (AvgIpc) is 2.87. The number of methoxy groups -OCH3 is 1. The van der Waals surface area contributed by atoms with E-state index in [1.54, 1.807) is 29.2 Å². The lowest BCUT2D eigenvalue weighted by atomic mass is 10.0. The summed E-state index contributed by atoms with van der Waals surface area (Å²) >= 11 is 0. The SMILES string of the molecule is COc1cc(/C=N\NC(=O)c2cccc3ccccc23)ccc1OCC(=O)N1CCOCC1. The highest BCUT2D eigenvalue weighted by Crippen LogP contribution is 2.27. The maximum atomic E-state index is 12.6. The molecule has 1 saturated heterocycles. The maximum Gasteiger partial charge on any atom is 0.271 e. The van der Waals surface area contributed by atoms with E-state index >= 15 is 0 Å². The van der Waals surface area contributed by atoms with E-state index in [0.29, 0.717) is 48.9 Å². The van der Waals surface area contributed by atoms with Crippen molar-refractivity contribution >= 4 is 28.8 Å². The van der Waals surface area contributed by atoms with Crippen LogP contribution in [-0.2, 0) is 9.53 Å². The van der Waals surface area contributed by atoms with E-state index in [4.69, 9.17) is 14.2 Å². The van der Waals surface area contributed by atoms with Crippen LogP contribution in [0.25, 0.3) is 10.8 Å². The molecule has 1 heterocycles. The summed E-state index contributed by atoms with van der Waals surface area (Å²) in [6.45, 7) is 2.14. The van der Waals surface area contributed by atoms with Gasteiger partial charge in [0.05, 0.1) is 26.5 Å². The molecule has 3 aromatic carbocycles. The van der Waals surface area contributed by atoms with Gasteiger partial charge in [-0.2, -0.15) is 5.10 Å². The molecule has 2 amide bonds. The van der Waals surface area contributed by atoms with Gasteiger partial charge in [-0.25, -0.2) is 5.43 Å². The number of nitrogens with one attached hydrogen (secondary N) is 1. The molecule has 4 rings (SSSR count). The lowest BCUT2D eigenvalue weighted by Gasteiger charge is -2.26. The van der Waals surface area contributed by atoms with Gasteiger partial charge < -0.3 is 19.1 Å². The number of hydrogen-bond donors (Lipinski definition) is 1. The second kappa shape index (κ2) is 10.6. The topological polar surface area (TPSA) is 89.5 Å². The Kier molecular flexibility index (Phi) is 7.16. The number of ether oxygens (including phenoxy) is 3. The van der Waals surface area contributed by atoms with Crippen LogP contribution in [0.5, 0.6) is 11.5 Å². The van der Waals surface area contributed by atoms with Gasteiger partial charge in [-0.15, -0.1) is 0 Å². The summed E-state index contributed by atoms with van der Waals surface area (Å²) in [6, 6.07) is 18.5. The minimum atomic E-state index is -0.295. The Labute approximate surface area is 191 Å². The molecule has 1 N–H and O–H groups in total. The number of hydrogen-bond acceptors (Lipinski definition) is 6. The quantitative estimate of drug-likeness (QED) is 0.444. The summed E-state index contributed by atoms with van der Waals surface area (Å²) in [5, 5.41) is 5.92. The molecular weight excluding hydrogens is 422 g/mol. The number of benzene rings is 3. The van der Waals surface area contributed by atoms with Crippen molar-refractivity contribution in [3.63, 3.8) is 0 Å². The minimum absolute atomic E-state index is 0.0785. The van der Waals surface area contributed by atoms with E-state index in [-0.39, 0.29) is 18.4 Å². The summed E-state index contributed by atoms with van der Waals surface area (Å²) in [5.74, 6) is 0.531. The van der Waals surface area contributed by atoms with E-state index in [2.05, 4.69) is 10.5 Å². The number of carbonyl (C=O) groups is 2. The van der Waals surface area contributed by atoms with Gasteiger partial charge in [0.2, 0.25) is 0 Å². The Bertz CT molecular complexity index is 1170. The van der Waals surface area contributed by atoms with Crippen LogP contribution in [0.15, 0.2) is 65.8 Å². The third-order valence-corrected chi connectivity index (χ3v) is 5.32. The largest absolute Gasteiger partial charge is 0.493 e. The van der Waals surface area contributed by atoms with Crippen LogP contribution in [0.3, 0.4) is 0 Å². The summed E-state index contributed by atoms with van der Waals surface area (Å²) in [7, 11) is 1.52. The molecule has 33 heavy (non-hydrogen) atoms. The molecule has 3 aromatic rings. The van der Waals surface area contributed by atoms with E-state index < -0.39 is 0 Å². The molecule has 0 spiro atoms. The van der Waals surface area contributed by atoms with Crippen LogP contribution in [0, 0.1) is 0 Å². The van der Waals surface area contributed by atoms with E-state index in [1.807, 2.05) is 36.4 Å². The molecule has 1 aliphatic rings. The first-order valence-electron chi connectivity index (χ1n) is 10.6. The minimum Gasteiger partial charge on any atom is -0.493 e. The van der Waals surface area contributed by atoms with Gasteiger partial charge in [0.15, 0.2) is 18.1 Å². The summed E-state index contributed by atoms with van der Waals surface area (Å²) in [4.78, 5) is 26.6. The van der Waals surface area contributed by atoms with Gasteiger partial charge >= 0.3 is 0 Å². The molecule has 0 aliphatic carbocycles. The lowest BCUT2D eigenvalue weighted by molar-refractivity contribution is -0.137. The predicted octanol–water partition coefficient (Wildman–Crippen LogP) is 2.85. The number of nitrogens with zero attached hydrogens (tertiary/aromatic N) is 2. The Morgan fingerprint density at radius 2 is 1.85 bits per heavy atom. The smallest absolute Gasteiger partial charge is 0.271 e.